The predicted molar refractivity (Wildman–Crippen MR) is 86.4 cm³/mol. The van der Waals surface area contributed by atoms with Gasteiger partial charge in [-0.2, -0.15) is 0 Å². The molecule has 0 aliphatic rings. The first-order chi connectivity index (χ1) is 10.3. The van der Waals surface area contributed by atoms with Crippen molar-refractivity contribution < 1.29 is 8.83 Å². The first-order valence-electron chi connectivity index (χ1n) is 6.83. The molecule has 0 saturated heterocycles. The molecule has 96 valence electrons. The topological polar surface area (TPSA) is 26.3 Å². The lowest BCUT2D eigenvalue weighted by molar-refractivity contribution is 0.656. The van der Waals surface area contributed by atoms with Crippen LogP contribution in [0.25, 0.3) is 43.9 Å². The standard InChI is InChI=1S/C18H9BO2/c19-10-5-6-12-14-8-13-11-3-1-2-4-15(11)20-17(13)9-18(14)21-16(12)7-10/h1-9H. The monoisotopic (exact) mass is 268 g/mol. The lowest BCUT2D eigenvalue weighted by atomic mass is 9.95. The van der Waals surface area contributed by atoms with E-state index >= 15 is 0 Å². The van der Waals surface area contributed by atoms with Crippen molar-refractivity contribution in [2.45, 2.75) is 0 Å². The Hall–Kier alpha value is -2.68. The van der Waals surface area contributed by atoms with Crippen LogP contribution in [0.15, 0.2) is 63.4 Å². The lowest BCUT2D eigenvalue weighted by Crippen LogP contribution is -1.98. The van der Waals surface area contributed by atoms with Crippen LogP contribution in [0.2, 0.25) is 0 Å². The van der Waals surface area contributed by atoms with Crippen LogP contribution in [0.1, 0.15) is 0 Å². The number of hydrogen-bond acceptors (Lipinski definition) is 2. The molecule has 3 aromatic carbocycles. The summed E-state index contributed by atoms with van der Waals surface area (Å²) in [5.74, 6) is 0. The second-order valence-corrected chi connectivity index (χ2v) is 5.30. The highest BCUT2D eigenvalue weighted by molar-refractivity contribution is 6.33. The number of fused-ring (bicyclic) bond motifs is 6. The first-order valence-corrected chi connectivity index (χ1v) is 6.83. The molecule has 0 aliphatic carbocycles. The average Bonchev–Trinajstić information content (AvgIpc) is 3.01. The van der Waals surface area contributed by atoms with E-state index in [1.54, 1.807) is 0 Å². The molecule has 2 radical (unpaired) electrons. The first kappa shape index (κ1) is 11.0. The average molecular weight is 268 g/mol. The minimum atomic E-state index is 0.704. The number of furan rings is 2. The van der Waals surface area contributed by atoms with Crippen molar-refractivity contribution in [2.75, 3.05) is 0 Å². The van der Waals surface area contributed by atoms with E-state index in [0.717, 1.165) is 43.9 Å². The second kappa shape index (κ2) is 3.70. The molecule has 0 unspecified atom stereocenters. The quantitative estimate of drug-likeness (QED) is 0.392. The van der Waals surface area contributed by atoms with Crippen molar-refractivity contribution in [3.05, 3.63) is 54.6 Å². The maximum Gasteiger partial charge on any atom is 0.139 e. The zero-order valence-corrected chi connectivity index (χ0v) is 11.1. The van der Waals surface area contributed by atoms with Gasteiger partial charge in [0.2, 0.25) is 0 Å². The van der Waals surface area contributed by atoms with Crippen LogP contribution in [0.3, 0.4) is 0 Å². The Morgan fingerprint density at radius 3 is 2.10 bits per heavy atom. The van der Waals surface area contributed by atoms with Crippen molar-refractivity contribution in [1.29, 1.82) is 0 Å². The van der Waals surface area contributed by atoms with Gasteiger partial charge in [-0.3, -0.25) is 0 Å². The third kappa shape index (κ3) is 1.43. The molecule has 0 aliphatic heterocycles. The van der Waals surface area contributed by atoms with Gasteiger partial charge < -0.3 is 8.83 Å². The molecular weight excluding hydrogens is 259 g/mol. The predicted octanol–water partition coefficient (Wildman–Crippen LogP) is 4.28. The molecule has 0 bridgehead atoms. The van der Waals surface area contributed by atoms with E-state index in [-0.39, 0.29) is 0 Å². The summed E-state index contributed by atoms with van der Waals surface area (Å²) in [5.41, 5.74) is 4.07. The third-order valence-corrected chi connectivity index (χ3v) is 3.99. The van der Waals surface area contributed by atoms with Gasteiger partial charge in [-0.1, -0.05) is 35.8 Å². The number of hydrogen-bond donors (Lipinski definition) is 0. The molecule has 0 saturated carbocycles. The second-order valence-electron chi connectivity index (χ2n) is 5.30. The summed E-state index contributed by atoms with van der Waals surface area (Å²) in [6, 6.07) is 17.9. The van der Waals surface area contributed by atoms with Gasteiger partial charge in [0, 0.05) is 27.6 Å². The van der Waals surface area contributed by atoms with Crippen molar-refractivity contribution >= 4 is 57.2 Å². The molecule has 0 amide bonds. The largest absolute Gasteiger partial charge is 0.456 e. The van der Waals surface area contributed by atoms with E-state index in [9.17, 15) is 0 Å². The molecule has 5 rings (SSSR count). The Kier molecular flexibility index (Phi) is 1.94. The molecule has 21 heavy (non-hydrogen) atoms. The molecule has 0 N–H and O–H groups in total. The zero-order valence-electron chi connectivity index (χ0n) is 11.1. The summed E-state index contributed by atoms with van der Waals surface area (Å²) in [7, 11) is 5.82. The maximum atomic E-state index is 5.90. The maximum absolute atomic E-state index is 5.90. The molecule has 0 fully saturated rings. The smallest absolute Gasteiger partial charge is 0.139 e. The van der Waals surface area contributed by atoms with Gasteiger partial charge in [-0.05, 0) is 18.2 Å². The molecule has 5 aromatic rings. The van der Waals surface area contributed by atoms with Gasteiger partial charge in [0.25, 0.3) is 0 Å². The summed E-state index contributed by atoms with van der Waals surface area (Å²) in [6.07, 6.45) is 0. The van der Waals surface area contributed by atoms with Crippen LogP contribution < -0.4 is 5.46 Å². The fourth-order valence-electron chi connectivity index (χ4n) is 3.01. The van der Waals surface area contributed by atoms with E-state index in [2.05, 4.69) is 12.1 Å². The minimum absolute atomic E-state index is 0.704. The van der Waals surface area contributed by atoms with Crippen LogP contribution in [0.4, 0.5) is 0 Å². The molecule has 0 spiro atoms. The third-order valence-electron chi connectivity index (χ3n) is 3.99. The fraction of sp³-hybridized carbons (Fsp3) is 0. The molecule has 0 atom stereocenters. The SMILES string of the molecule is [B]c1ccc2c(c1)oc1cc3oc4ccccc4c3cc12. The highest BCUT2D eigenvalue weighted by Crippen LogP contribution is 2.36. The Morgan fingerprint density at radius 1 is 0.571 bits per heavy atom. The molecule has 2 heterocycles. The minimum Gasteiger partial charge on any atom is -0.456 e. The molecule has 2 nitrogen and oxygen atoms in total. The molecular formula is C18H9BO2. The summed E-state index contributed by atoms with van der Waals surface area (Å²) >= 11 is 0. The van der Waals surface area contributed by atoms with E-state index in [4.69, 9.17) is 16.7 Å². The van der Waals surface area contributed by atoms with Crippen LogP contribution >= 0.6 is 0 Å². The highest BCUT2D eigenvalue weighted by Gasteiger charge is 2.12. The normalized spacial score (nSPS) is 12.0. The van der Waals surface area contributed by atoms with Gasteiger partial charge >= 0.3 is 0 Å². The number of benzene rings is 3. The summed E-state index contributed by atoms with van der Waals surface area (Å²) in [4.78, 5) is 0. The van der Waals surface area contributed by atoms with Gasteiger partial charge in [0.15, 0.2) is 0 Å². The molecule has 2 aromatic heterocycles. The van der Waals surface area contributed by atoms with Crippen LogP contribution in [0.5, 0.6) is 0 Å². The Morgan fingerprint density at radius 2 is 1.24 bits per heavy atom. The molecule has 3 heteroatoms. The number of para-hydroxylation sites is 1. The van der Waals surface area contributed by atoms with Gasteiger partial charge in [-0.15, -0.1) is 0 Å². The lowest BCUT2D eigenvalue weighted by Gasteiger charge is -1.92. The number of rotatable bonds is 0. The van der Waals surface area contributed by atoms with E-state index in [1.165, 1.54) is 0 Å². The fourth-order valence-corrected chi connectivity index (χ4v) is 3.01. The highest BCUT2D eigenvalue weighted by atomic mass is 16.3. The summed E-state index contributed by atoms with van der Waals surface area (Å²) in [6.45, 7) is 0. The van der Waals surface area contributed by atoms with Crippen LogP contribution in [-0.4, -0.2) is 7.85 Å². The van der Waals surface area contributed by atoms with Crippen LogP contribution in [-0.2, 0) is 0 Å². The Bertz CT molecular complexity index is 1150. The van der Waals surface area contributed by atoms with Crippen molar-refractivity contribution in [3.8, 4) is 0 Å². The van der Waals surface area contributed by atoms with Crippen molar-refractivity contribution in [2.24, 2.45) is 0 Å². The van der Waals surface area contributed by atoms with E-state index < -0.39 is 0 Å². The van der Waals surface area contributed by atoms with Gasteiger partial charge in [0.1, 0.15) is 30.2 Å². The Labute approximate surface area is 121 Å². The Balaban J connectivity index is 2.01. The van der Waals surface area contributed by atoms with Crippen LogP contribution in [0, 0.1) is 0 Å². The van der Waals surface area contributed by atoms with Gasteiger partial charge in [0.05, 0.1) is 0 Å². The van der Waals surface area contributed by atoms with Gasteiger partial charge in [-0.25, -0.2) is 0 Å². The van der Waals surface area contributed by atoms with E-state index in [1.807, 2.05) is 42.5 Å². The van der Waals surface area contributed by atoms with E-state index in [0.29, 0.717) is 5.46 Å². The summed E-state index contributed by atoms with van der Waals surface area (Å²) in [5, 5.41) is 4.40. The zero-order chi connectivity index (χ0) is 14.0. The van der Waals surface area contributed by atoms with Crippen molar-refractivity contribution in [1.82, 2.24) is 0 Å². The van der Waals surface area contributed by atoms with Crippen molar-refractivity contribution in [3.63, 3.8) is 0 Å². The summed E-state index contributed by atoms with van der Waals surface area (Å²) < 4.78 is 11.8.